The number of halogens is 1. The first-order valence-electron chi connectivity index (χ1n) is 8.31. The van der Waals surface area contributed by atoms with E-state index in [1.807, 2.05) is 32.0 Å². The fourth-order valence-electron chi connectivity index (χ4n) is 2.52. The SMILES string of the molecule is Cc1ccc(C)c(S(=O)(=O)NCCC(=O)NC(C)c2ccc(Cl)cc2)c1. The Hall–Kier alpha value is -1.89. The molecular formula is C19H23ClN2O3S. The summed E-state index contributed by atoms with van der Waals surface area (Å²) in [5.74, 6) is -0.226. The second-order valence-corrected chi connectivity index (χ2v) is 8.43. The summed E-state index contributed by atoms with van der Waals surface area (Å²) in [4.78, 5) is 12.3. The highest BCUT2D eigenvalue weighted by Gasteiger charge is 2.17. The minimum atomic E-state index is -3.64. The van der Waals surface area contributed by atoms with E-state index in [2.05, 4.69) is 10.0 Å². The highest BCUT2D eigenvalue weighted by atomic mass is 35.5. The zero-order valence-corrected chi connectivity index (χ0v) is 16.6. The summed E-state index contributed by atoms with van der Waals surface area (Å²) in [6.45, 7) is 5.48. The summed E-state index contributed by atoms with van der Waals surface area (Å²) >= 11 is 5.85. The number of hydrogen-bond donors (Lipinski definition) is 2. The van der Waals surface area contributed by atoms with Gasteiger partial charge in [0.2, 0.25) is 15.9 Å². The topological polar surface area (TPSA) is 75.3 Å². The molecule has 0 spiro atoms. The van der Waals surface area contributed by atoms with Crippen molar-refractivity contribution in [3.8, 4) is 0 Å². The molecule has 0 aromatic heterocycles. The lowest BCUT2D eigenvalue weighted by atomic mass is 10.1. The Labute approximate surface area is 159 Å². The lowest BCUT2D eigenvalue weighted by molar-refractivity contribution is -0.121. The second kappa shape index (κ2) is 8.66. The first kappa shape index (κ1) is 20.4. The van der Waals surface area contributed by atoms with E-state index in [4.69, 9.17) is 11.6 Å². The molecule has 7 heteroatoms. The average Bonchev–Trinajstić information content (AvgIpc) is 2.57. The van der Waals surface area contributed by atoms with Crippen LogP contribution in [0, 0.1) is 13.8 Å². The van der Waals surface area contributed by atoms with Gasteiger partial charge in [0.1, 0.15) is 0 Å². The number of sulfonamides is 1. The summed E-state index contributed by atoms with van der Waals surface area (Å²) in [6, 6.07) is 12.3. The zero-order valence-electron chi connectivity index (χ0n) is 15.0. The van der Waals surface area contributed by atoms with Gasteiger partial charge >= 0.3 is 0 Å². The van der Waals surface area contributed by atoms with Crippen LogP contribution in [0.4, 0.5) is 0 Å². The van der Waals surface area contributed by atoms with E-state index in [1.54, 1.807) is 31.2 Å². The fraction of sp³-hybridized carbons (Fsp3) is 0.316. The third-order valence-electron chi connectivity index (χ3n) is 4.02. The molecule has 1 unspecified atom stereocenters. The van der Waals surface area contributed by atoms with Crippen molar-refractivity contribution in [3.63, 3.8) is 0 Å². The van der Waals surface area contributed by atoms with Gasteiger partial charge in [-0.05, 0) is 55.7 Å². The summed E-state index contributed by atoms with van der Waals surface area (Å²) < 4.78 is 27.3. The second-order valence-electron chi connectivity index (χ2n) is 6.26. The van der Waals surface area contributed by atoms with Gasteiger partial charge in [-0.3, -0.25) is 4.79 Å². The van der Waals surface area contributed by atoms with Crippen molar-refractivity contribution < 1.29 is 13.2 Å². The van der Waals surface area contributed by atoms with Crippen molar-refractivity contribution in [2.24, 2.45) is 0 Å². The standard InChI is InChI=1S/C19H23ClN2O3S/c1-13-4-5-14(2)18(12-13)26(24,25)21-11-10-19(23)22-15(3)16-6-8-17(20)9-7-16/h4-9,12,15,21H,10-11H2,1-3H3,(H,22,23). The maximum atomic E-state index is 12.4. The molecule has 1 amide bonds. The van der Waals surface area contributed by atoms with Gasteiger partial charge in [-0.15, -0.1) is 0 Å². The molecule has 0 aliphatic carbocycles. The van der Waals surface area contributed by atoms with Crippen molar-refractivity contribution in [2.75, 3.05) is 6.54 Å². The predicted octanol–water partition coefficient (Wildman–Crippen LogP) is 3.50. The Kier molecular flexibility index (Phi) is 6.81. The molecule has 2 N–H and O–H groups in total. The number of amides is 1. The van der Waals surface area contributed by atoms with Gasteiger partial charge in [-0.25, -0.2) is 13.1 Å². The predicted molar refractivity (Wildman–Crippen MR) is 104 cm³/mol. The highest BCUT2D eigenvalue weighted by molar-refractivity contribution is 7.89. The van der Waals surface area contributed by atoms with Crippen LogP contribution in [0.5, 0.6) is 0 Å². The van der Waals surface area contributed by atoms with Crippen molar-refractivity contribution in [2.45, 2.75) is 38.1 Å². The van der Waals surface area contributed by atoms with Gasteiger partial charge < -0.3 is 5.32 Å². The van der Waals surface area contributed by atoms with Gasteiger partial charge in [0.15, 0.2) is 0 Å². The Balaban J connectivity index is 1.89. The van der Waals surface area contributed by atoms with Crippen LogP contribution >= 0.6 is 11.6 Å². The summed E-state index contributed by atoms with van der Waals surface area (Å²) in [5.41, 5.74) is 2.47. The van der Waals surface area contributed by atoms with Gasteiger partial charge in [0, 0.05) is 18.0 Å². The fourth-order valence-corrected chi connectivity index (χ4v) is 4.01. The van der Waals surface area contributed by atoms with Crippen LogP contribution in [0.3, 0.4) is 0 Å². The van der Waals surface area contributed by atoms with Crippen LogP contribution in [-0.2, 0) is 14.8 Å². The highest BCUT2D eigenvalue weighted by Crippen LogP contribution is 2.17. The number of carbonyl (C=O) groups is 1. The monoisotopic (exact) mass is 394 g/mol. The molecule has 2 rings (SSSR count). The number of hydrogen-bond acceptors (Lipinski definition) is 3. The zero-order chi connectivity index (χ0) is 19.3. The molecule has 0 aliphatic heterocycles. The molecule has 0 saturated carbocycles. The molecule has 0 bridgehead atoms. The van der Waals surface area contributed by atoms with E-state index >= 15 is 0 Å². The van der Waals surface area contributed by atoms with Crippen LogP contribution < -0.4 is 10.0 Å². The Morgan fingerprint density at radius 3 is 2.42 bits per heavy atom. The van der Waals surface area contributed by atoms with E-state index < -0.39 is 10.0 Å². The number of carbonyl (C=O) groups excluding carboxylic acids is 1. The molecule has 140 valence electrons. The maximum absolute atomic E-state index is 12.4. The van der Waals surface area contributed by atoms with E-state index in [1.165, 1.54) is 0 Å². The third-order valence-corrected chi connectivity index (χ3v) is 5.88. The van der Waals surface area contributed by atoms with Gasteiger partial charge in [-0.1, -0.05) is 35.9 Å². The van der Waals surface area contributed by atoms with Gasteiger partial charge in [-0.2, -0.15) is 0 Å². The van der Waals surface area contributed by atoms with Crippen LogP contribution in [0.15, 0.2) is 47.4 Å². The molecule has 5 nitrogen and oxygen atoms in total. The van der Waals surface area contributed by atoms with Crippen molar-refractivity contribution >= 4 is 27.5 Å². The van der Waals surface area contributed by atoms with Crippen LogP contribution in [0.25, 0.3) is 0 Å². The van der Waals surface area contributed by atoms with Gasteiger partial charge in [0.05, 0.1) is 10.9 Å². The van der Waals surface area contributed by atoms with Crippen molar-refractivity contribution in [3.05, 3.63) is 64.2 Å². The van der Waals surface area contributed by atoms with Crippen molar-refractivity contribution in [1.82, 2.24) is 10.0 Å². The maximum Gasteiger partial charge on any atom is 0.240 e. The summed E-state index contributed by atoms with van der Waals surface area (Å²) in [6.07, 6.45) is 0.0576. The Morgan fingerprint density at radius 1 is 1.12 bits per heavy atom. The first-order chi connectivity index (χ1) is 12.2. The minimum Gasteiger partial charge on any atom is -0.350 e. The molecule has 0 heterocycles. The molecule has 1 atom stereocenters. The van der Waals surface area contributed by atoms with Crippen LogP contribution in [-0.4, -0.2) is 20.9 Å². The third kappa shape index (κ3) is 5.56. The largest absolute Gasteiger partial charge is 0.350 e. The molecule has 2 aromatic rings. The molecule has 0 radical (unpaired) electrons. The van der Waals surface area contributed by atoms with E-state index in [0.29, 0.717) is 10.6 Å². The summed E-state index contributed by atoms with van der Waals surface area (Å²) in [7, 11) is -3.64. The Bertz CT molecular complexity index is 880. The minimum absolute atomic E-state index is 0.0366. The van der Waals surface area contributed by atoms with Gasteiger partial charge in [0.25, 0.3) is 0 Å². The quantitative estimate of drug-likeness (QED) is 0.754. The Morgan fingerprint density at radius 2 is 1.77 bits per heavy atom. The molecular weight excluding hydrogens is 372 g/mol. The van der Waals surface area contributed by atoms with Crippen molar-refractivity contribution in [1.29, 1.82) is 0 Å². The molecule has 0 fully saturated rings. The summed E-state index contributed by atoms with van der Waals surface area (Å²) in [5, 5.41) is 3.48. The smallest absolute Gasteiger partial charge is 0.240 e. The molecule has 2 aromatic carbocycles. The molecule has 26 heavy (non-hydrogen) atoms. The lowest BCUT2D eigenvalue weighted by Crippen LogP contribution is -2.32. The van der Waals surface area contributed by atoms with E-state index in [0.717, 1.165) is 11.1 Å². The number of nitrogens with one attached hydrogen (secondary N) is 2. The molecule has 0 aliphatic rings. The lowest BCUT2D eigenvalue weighted by Gasteiger charge is -2.15. The number of rotatable bonds is 7. The number of aryl methyl sites for hydroxylation is 2. The van der Waals surface area contributed by atoms with Crippen LogP contribution in [0.1, 0.15) is 36.1 Å². The number of benzene rings is 2. The first-order valence-corrected chi connectivity index (χ1v) is 10.2. The molecule has 0 saturated heterocycles. The van der Waals surface area contributed by atoms with E-state index in [9.17, 15) is 13.2 Å². The average molecular weight is 395 g/mol. The van der Waals surface area contributed by atoms with E-state index in [-0.39, 0.29) is 29.8 Å². The van der Waals surface area contributed by atoms with Crippen LogP contribution in [0.2, 0.25) is 5.02 Å². The normalized spacial score (nSPS) is 12.6.